The topological polar surface area (TPSA) is 67.9 Å². The fourth-order valence-corrected chi connectivity index (χ4v) is 2.59. The van der Waals surface area contributed by atoms with E-state index in [1.54, 1.807) is 31.7 Å². The molecule has 116 valence electrons. The van der Waals surface area contributed by atoms with Crippen molar-refractivity contribution in [1.82, 2.24) is 15.0 Å². The van der Waals surface area contributed by atoms with E-state index in [2.05, 4.69) is 15.0 Å². The number of aromatic amines is 1. The van der Waals surface area contributed by atoms with Gasteiger partial charge in [0, 0.05) is 41.6 Å². The summed E-state index contributed by atoms with van der Waals surface area (Å²) in [6.45, 7) is 4.06. The number of carbonyl (C=O) groups is 1. The summed E-state index contributed by atoms with van der Waals surface area (Å²) < 4.78 is 5.23. The minimum absolute atomic E-state index is 0.326. The van der Waals surface area contributed by atoms with Crippen LogP contribution in [0.25, 0.3) is 22.5 Å². The number of ether oxygens (including phenoxy) is 1. The number of nitrogens with zero attached hydrogens (tertiary/aromatic N) is 2. The summed E-state index contributed by atoms with van der Waals surface area (Å²) in [5.41, 5.74) is 4.93. The number of rotatable bonds is 4. The SMILES string of the molecule is CCOC(=O)c1c(-c2ccncc2)[nH]c(-c2ccncc2)c1C. The monoisotopic (exact) mass is 307 g/mol. The Bertz CT molecular complexity index is 811. The molecule has 0 aliphatic heterocycles. The highest BCUT2D eigenvalue weighted by atomic mass is 16.5. The Morgan fingerprint density at radius 1 is 1.00 bits per heavy atom. The Balaban J connectivity index is 2.20. The van der Waals surface area contributed by atoms with Crippen LogP contribution in [0.4, 0.5) is 0 Å². The van der Waals surface area contributed by atoms with Crippen LogP contribution in [-0.4, -0.2) is 27.5 Å². The van der Waals surface area contributed by atoms with Gasteiger partial charge in [-0.1, -0.05) is 0 Å². The molecule has 0 aliphatic rings. The van der Waals surface area contributed by atoms with Crippen molar-refractivity contribution in [3.63, 3.8) is 0 Å². The Hall–Kier alpha value is -2.95. The standard InChI is InChI=1S/C18H17N3O2/c1-3-23-18(22)15-12(2)16(13-4-8-19-9-5-13)21-17(15)14-6-10-20-11-7-14/h4-11,21H,3H2,1-2H3. The maximum atomic E-state index is 12.4. The van der Waals surface area contributed by atoms with Gasteiger partial charge in [0.2, 0.25) is 0 Å². The molecule has 0 radical (unpaired) electrons. The van der Waals surface area contributed by atoms with Gasteiger partial charge >= 0.3 is 5.97 Å². The van der Waals surface area contributed by atoms with E-state index in [1.165, 1.54) is 0 Å². The van der Waals surface area contributed by atoms with E-state index in [9.17, 15) is 4.79 Å². The van der Waals surface area contributed by atoms with Crippen molar-refractivity contribution in [3.05, 3.63) is 60.2 Å². The largest absolute Gasteiger partial charge is 0.462 e. The Morgan fingerprint density at radius 3 is 2.04 bits per heavy atom. The third-order valence-corrected chi connectivity index (χ3v) is 3.67. The number of hydrogen-bond donors (Lipinski definition) is 1. The lowest BCUT2D eigenvalue weighted by molar-refractivity contribution is 0.0527. The minimum Gasteiger partial charge on any atom is -0.462 e. The first-order valence-corrected chi connectivity index (χ1v) is 7.42. The molecule has 3 aromatic rings. The molecule has 3 aromatic heterocycles. The minimum atomic E-state index is -0.326. The number of pyridine rings is 2. The summed E-state index contributed by atoms with van der Waals surface area (Å²) in [6.07, 6.45) is 6.86. The zero-order valence-corrected chi connectivity index (χ0v) is 13.0. The van der Waals surface area contributed by atoms with Gasteiger partial charge in [-0.25, -0.2) is 4.79 Å². The number of hydrogen-bond acceptors (Lipinski definition) is 4. The van der Waals surface area contributed by atoms with Gasteiger partial charge in [0.1, 0.15) is 0 Å². The molecule has 5 heteroatoms. The molecule has 0 bridgehead atoms. The van der Waals surface area contributed by atoms with E-state index in [0.717, 1.165) is 28.1 Å². The zero-order valence-electron chi connectivity index (χ0n) is 13.0. The molecular formula is C18H17N3O2. The lowest BCUT2D eigenvalue weighted by Gasteiger charge is -2.05. The number of nitrogens with one attached hydrogen (secondary N) is 1. The van der Waals surface area contributed by atoms with Gasteiger partial charge in [-0.2, -0.15) is 0 Å². The van der Waals surface area contributed by atoms with Crippen molar-refractivity contribution in [2.24, 2.45) is 0 Å². The molecule has 5 nitrogen and oxygen atoms in total. The highest BCUT2D eigenvalue weighted by molar-refractivity contribution is 6.00. The molecular weight excluding hydrogens is 290 g/mol. The van der Waals surface area contributed by atoms with Crippen LogP contribution in [0.5, 0.6) is 0 Å². The van der Waals surface area contributed by atoms with Gasteiger partial charge in [-0.15, -0.1) is 0 Å². The first-order valence-electron chi connectivity index (χ1n) is 7.42. The first kappa shape index (κ1) is 15.0. The van der Waals surface area contributed by atoms with Crippen molar-refractivity contribution in [3.8, 4) is 22.5 Å². The third kappa shape index (κ3) is 2.85. The smallest absolute Gasteiger partial charge is 0.340 e. The van der Waals surface area contributed by atoms with Crippen LogP contribution in [0.15, 0.2) is 49.1 Å². The van der Waals surface area contributed by atoms with Crippen molar-refractivity contribution < 1.29 is 9.53 Å². The Morgan fingerprint density at radius 2 is 1.52 bits per heavy atom. The predicted molar refractivity (Wildman–Crippen MR) is 87.9 cm³/mol. The molecule has 0 fully saturated rings. The van der Waals surface area contributed by atoms with E-state index >= 15 is 0 Å². The van der Waals surface area contributed by atoms with Gasteiger partial charge in [0.15, 0.2) is 0 Å². The van der Waals surface area contributed by atoms with E-state index in [0.29, 0.717) is 12.2 Å². The lowest BCUT2D eigenvalue weighted by atomic mass is 10.0. The van der Waals surface area contributed by atoms with Crippen molar-refractivity contribution in [2.75, 3.05) is 6.61 Å². The molecule has 0 aliphatic carbocycles. The summed E-state index contributed by atoms with van der Waals surface area (Å²) in [6, 6.07) is 7.54. The number of H-pyrrole nitrogens is 1. The van der Waals surface area contributed by atoms with Gasteiger partial charge in [-0.3, -0.25) is 9.97 Å². The molecule has 0 spiro atoms. The maximum Gasteiger partial charge on any atom is 0.340 e. The molecule has 0 aromatic carbocycles. The molecule has 3 heterocycles. The highest BCUT2D eigenvalue weighted by Gasteiger charge is 2.23. The summed E-state index contributed by atoms with van der Waals surface area (Å²) in [4.78, 5) is 23.9. The average Bonchev–Trinajstić information content (AvgIpc) is 2.94. The lowest BCUT2D eigenvalue weighted by Crippen LogP contribution is -2.06. The van der Waals surface area contributed by atoms with Crippen molar-refractivity contribution in [1.29, 1.82) is 0 Å². The Labute approximate surface area is 134 Å². The summed E-state index contributed by atoms with van der Waals surface area (Å²) in [5.74, 6) is -0.326. The first-order chi connectivity index (χ1) is 11.2. The second-order valence-corrected chi connectivity index (χ2v) is 5.07. The molecule has 0 amide bonds. The van der Waals surface area contributed by atoms with Gasteiger partial charge in [0.05, 0.1) is 17.9 Å². The molecule has 0 atom stereocenters. The molecule has 3 rings (SSSR count). The molecule has 1 N–H and O–H groups in total. The van der Waals surface area contributed by atoms with Crippen molar-refractivity contribution >= 4 is 5.97 Å². The van der Waals surface area contributed by atoms with Crippen LogP contribution in [0.1, 0.15) is 22.8 Å². The predicted octanol–water partition coefficient (Wildman–Crippen LogP) is 3.62. The number of aromatic nitrogens is 3. The second-order valence-electron chi connectivity index (χ2n) is 5.07. The maximum absolute atomic E-state index is 12.4. The highest BCUT2D eigenvalue weighted by Crippen LogP contribution is 2.33. The van der Waals surface area contributed by atoms with E-state index in [1.807, 2.05) is 31.2 Å². The van der Waals surface area contributed by atoms with E-state index in [4.69, 9.17) is 4.74 Å². The van der Waals surface area contributed by atoms with Crippen LogP contribution in [0, 0.1) is 6.92 Å². The van der Waals surface area contributed by atoms with E-state index in [-0.39, 0.29) is 5.97 Å². The quantitative estimate of drug-likeness (QED) is 0.747. The Kier molecular flexibility index (Phi) is 4.19. The summed E-state index contributed by atoms with van der Waals surface area (Å²) in [5, 5.41) is 0. The van der Waals surface area contributed by atoms with Crippen LogP contribution in [-0.2, 0) is 4.74 Å². The molecule has 0 saturated heterocycles. The van der Waals surface area contributed by atoms with Crippen LogP contribution in [0.3, 0.4) is 0 Å². The fraction of sp³-hybridized carbons (Fsp3) is 0.167. The van der Waals surface area contributed by atoms with E-state index < -0.39 is 0 Å². The number of esters is 1. The fourth-order valence-electron chi connectivity index (χ4n) is 2.59. The third-order valence-electron chi connectivity index (χ3n) is 3.67. The van der Waals surface area contributed by atoms with Gasteiger partial charge < -0.3 is 9.72 Å². The second kappa shape index (κ2) is 6.44. The molecule has 0 saturated carbocycles. The van der Waals surface area contributed by atoms with Crippen LogP contribution in [0.2, 0.25) is 0 Å². The molecule has 0 unspecified atom stereocenters. The average molecular weight is 307 g/mol. The summed E-state index contributed by atoms with van der Waals surface area (Å²) in [7, 11) is 0. The van der Waals surface area contributed by atoms with Gasteiger partial charge in [0.25, 0.3) is 0 Å². The summed E-state index contributed by atoms with van der Waals surface area (Å²) >= 11 is 0. The van der Waals surface area contributed by atoms with Crippen LogP contribution >= 0.6 is 0 Å². The molecule has 23 heavy (non-hydrogen) atoms. The van der Waals surface area contributed by atoms with Crippen LogP contribution < -0.4 is 0 Å². The normalized spacial score (nSPS) is 10.5. The number of carbonyl (C=O) groups excluding carboxylic acids is 1. The zero-order chi connectivity index (χ0) is 16.2. The van der Waals surface area contributed by atoms with Gasteiger partial charge in [-0.05, 0) is 43.7 Å². The van der Waals surface area contributed by atoms with Crippen molar-refractivity contribution in [2.45, 2.75) is 13.8 Å².